The number of rotatable bonds is 2. The molecule has 4 rings (SSSR count). The number of nitrogens with one attached hydrogen (secondary N) is 1. The van der Waals surface area contributed by atoms with E-state index in [0.29, 0.717) is 0 Å². The minimum atomic E-state index is -0.202. The Bertz CT molecular complexity index is 726. The van der Waals surface area contributed by atoms with Crippen molar-refractivity contribution in [2.75, 3.05) is 13.1 Å². The van der Waals surface area contributed by atoms with E-state index in [9.17, 15) is 4.79 Å². The molecular weight excluding hydrogens is 262 g/mol. The van der Waals surface area contributed by atoms with Crippen LogP contribution < -0.4 is 10.5 Å². The zero-order chi connectivity index (χ0) is 14.2. The molecule has 1 saturated heterocycles. The molecule has 3 heteroatoms. The third-order valence-electron chi connectivity index (χ3n) is 5.04. The van der Waals surface area contributed by atoms with Crippen LogP contribution >= 0.6 is 0 Å². The van der Waals surface area contributed by atoms with Crippen LogP contribution in [-0.4, -0.2) is 13.1 Å². The lowest BCUT2D eigenvalue weighted by atomic mass is 10.0. The molecule has 1 aromatic heterocycles. The normalized spacial score (nSPS) is 19.0. The summed E-state index contributed by atoms with van der Waals surface area (Å²) in [5, 5.41) is 1.16. The van der Waals surface area contributed by atoms with E-state index in [4.69, 9.17) is 4.42 Å². The Hall–Kier alpha value is -1.61. The fraction of sp³-hybridized carbons (Fsp3) is 0.500. The molecule has 0 unspecified atom stereocenters. The number of aryl methyl sites for hydroxylation is 2. The Morgan fingerprint density at radius 1 is 0.952 bits per heavy atom. The molecule has 0 atom stereocenters. The van der Waals surface area contributed by atoms with Crippen molar-refractivity contribution in [2.24, 2.45) is 0 Å². The van der Waals surface area contributed by atoms with Gasteiger partial charge in [-0.3, -0.25) is 0 Å². The second-order valence-corrected chi connectivity index (χ2v) is 6.55. The molecule has 0 radical (unpaired) electrons. The van der Waals surface area contributed by atoms with Crippen LogP contribution in [0.5, 0.6) is 0 Å². The first-order valence-electron chi connectivity index (χ1n) is 8.22. The third-order valence-corrected chi connectivity index (χ3v) is 5.04. The van der Waals surface area contributed by atoms with Crippen molar-refractivity contribution in [3.8, 4) is 0 Å². The number of fused-ring (bicyclic) bond motifs is 2. The number of benzene rings is 1. The van der Waals surface area contributed by atoms with Gasteiger partial charge in [0.1, 0.15) is 12.1 Å². The van der Waals surface area contributed by atoms with Crippen LogP contribution in [-0.2, 0) is 19.4 Å². The summed E-state index contributed by atoms with van der Waals surface area (Å²) in [5.74, 6) is 0. The van der Waals surface area contributed by atoms with Gasteiger partial charge in [-0.2, -0.15) is 0 Å². The van der Waals surface area contributed by atoms with Gasteiger partial charge < -0.3 is 9.32 Å². The van der Waals surface area contributed by atoms with Gasteiger partial charge in [-0.1, -0.05) is 0 Å². The first-order valence-corrected chi connectivity index (χ1v) is 8.22. The number of piperidine rings is 1. The molecule has 1 fully saturated rings. The van der Waals surface area contributed by atoms with Gasteiger partial charge in [0.25, 0.3) is 0 Å². The zero-order valence-electron chi connectivity index (χ0n) is 12.4. The molecule has 1 aromatic carbocycles. The Kier molecular flexibility index (Phi) is 3.30. The molecule has 110 valence electrons. The standard InChI is InChI=1S/C18H21NO2/c20-18-11-15(12-19-7-2-1-3-8-19)16-9-13-5-4-6-14(13)10-17(16)21-18/h9-11H,1-8,12H2/p+1. The van der Waals surface area contributed by atoms with E-state index >= 15 is 0 Å². The Labute approximate surface area is 124 Å². The van der Waals surface area contributed by atoms with E-state index in [1.165, 1.54) is 61.9 Å². The Morgan fingerprint density at radius 2 is 1.71 bits per heavy atom. The third kappa shape index (κ3) is 2.51. The molecule has 0 bridgehead atoms. The molecule has 1 N–H and O–H groups in total. The second-order valence-electron chi connectivity index (χ2n) is 6.55. The summed E-state index contributed by atoms with van der Waals surface area (Å²) in [5.41, 5.74) is 4.58. The lowest BCUT2D eigenvalue weighted by Crippen LogP contribution is -3.11. The van der Waals surface area contributed by atoms with Gasteiger partial charge >= 0.3 is 5.63 Å². The predicted octanol–water partition coefficient (Wildman–Crippen LogP) is 1.85. The molecule has 2 aromatic rings. The van der Waals surface area contributed by atoms with Crippen molar-refractivity contribution in [1.82, 2.24) is 0 Å². The van der Waals surface area contributed by atoms with Crippen LogP contribution in [0, 0.1) is 0 Å². The van der Waals surface area contributed by atoms with Crippen molar-refractivity contribution < 1.29 is 9.32 Å². The maximum atomic E-state index is 11.9. The van der Waals surface area contributed by atoms with E-state index in [2.05, 4.69) is 12.1 Å². The summed E-state index contributed by atoms with van der Waals surface area (Å²) in [4.78, 5) is 13.5. The number of quaternary nitrogens is 1. The molecule has 2 heterocycles. The molecular formula is C18H22NO2+. The lowest BCUT2D eigenvalue weighted by molar-refractivity contribution is -0.918. The minimum absolute atomic E-state index is 0.202. The lowest BCUT2D eigenvalue weighted by Gasteiger charge is -2.23. The quantitative estimate of drug-likeness (QED) is 0.854. The molecule has 3 nitrogen and oxygen atoms in total. The second kappa shape index (κ2) is 5.30. The number of hydrogen-bond acceptors (Lipinski definition) is 2. The Morgan fingerprint density at radius 3 is 2.52 bits per heavy atom. The Balaban J connectivity index is 1.77. The van der Waals surface area contributed by atoms with E-state index < -0.39 is 0 Å². The molecule has 1 aliphatic heterocycles. The summed E-state index contributed by atoms with van der Waals surface area (Å²) in [6.45, 7) is 3.42. The molecule has 21 heavy (non-hydrogen) atoms. The van der Waals surface area contributed by atoms with Crippen LogP contribution in [0.1, 0.15) is 42.4 Å². The molecule has 0 spiro atoms. The van der Waals surface area contributed by atoms with Crippen molar-refractivity contribution in [3.05, 3.63) is 45.3 Å². The van der Waals surface area contributed by atoms with Gasteiger partial charge in [0.2, 0.25) is 0 Å². The monoisotopic (exact) mass is 284 g/mol. The fourth-order valence-corrected chi connectivity index (χ4v) is 3.94. The highest BCUT2D eigenvalue weighted by Crippen LogP contribution is 2.28. The van der Waals surface area contributed by atoms with Crippen LogP contribution in [0.25, 0.3) is 11.0 Å². The smallest absolute Gasteiger partial charge is 0.336 e. The fourth-order valence-electron chi connectivity index (χ4n) is 3.94. The van der Waals surface area contributed by atoms with E-state index in [0.717, 1.165) is 23.9 Å². The summed E-state index contributed by atoms with van der Waals surface area (Å²) in [7, 11) is 0. The predicted molar refractivity (Wildman–Crippen MR) is 82.8 cm³/mol. The molecule has 2 aliphatic rings. The largest absolute Gasteiger partial charge is 0.423 e. The van der Waals surface area contributed by atoms with Crippen LogP contribution in [0.2, 0.25) is 0 Å². The molecule has 0 amide bonds. The number of likely N-dealkylation sites (tertiary alicyclic amines) is 1. The van der Waals surface area contributed by atoms with Crippen molar-refractivity contribution in [3.63, 3.8) is 0 Å². The minimum Gasteiger partial charge on any atom is -0.423 e. The van der Waals surface area contributed by atoms with E-state index in [-0.39, 0.29) is 5.63 Å². The van der Waals surface area contributed by atoms with Gasteiger partial charge in [-0.25, -0.2) is 4.79 Å². The zero-order valence-corrected chi connectivity index (χ0v) is 12.4. The van der Waals surface area contributed by atoms with Crippen molar-refractivity contribution in [2.45, 2.75) is 45.1 Å². The van der Waals surface area contributed by atoms with Crippen LogP contribution in [0.15, 0.2) is 27.4 Å². The van der Waals surface area contributed by atoms with Gasteiger partial charge in [0.05, 0.1) is 13.1 Å². The van der Waals surface area contributed by atoms with Gasteiger partial charge in [-0.15, -0.1) is 0 Å². The number of hydrogen-bond donors (Lipinski definition) is 1. The first-order chi connectivity index (χ1) is 10.3. The van der Waals surface area contributed by atoms with E-state index in [1.54, 1.807) is 11.0 Å². The maximum absolute atomic E-state index is 11.9. The van der Waals surface area contributed by atoms with Crippen molar-refractivity contribution >= 4 is 11.0 Å². The summed E-state index contributed by atoms with van der Waals surface area (Å²) < 4.78 is 5.45. The maximum Gasteiger partial charge on any atom is 0.336 e. The highest BCUT2D eigenvalue weighted by atomic mass is 16.4. The first kappa shape index (κ1) is 13.1. The molecule has 1 aliphatic carbocycles. The van der Waals surface area contributed by atoms with Crippen molar-refractivity contribution in [1.29, 1.82) is 0 Å². The van der Waals surface area contributed by atoms with Crippen LogP contribution in [0.4, 0.5) is 0 Å². The van der Waals surface area contributed by atoms with E-state index in [1.807, 2.05) is 0 Å². The highest BCUT2D eigenvalue weighted by Gasteiger charge is 2.19. The average molecular weight is 284 g/mol. The van der Waals surface area contributed by atoms with Gasteiger partial charge in [-0.05, 0) is 61.8 Å². The highest BCUT2D eigenvalue weighted by molar-refractivity contribution is 5.82. The van der Waals surface area contributed by atoms with Crippen LogP contribution in [0.3, 0.4) is 0 Å². The summed E-state index contributed by atoms with van der Waals surface area (Å²) >= 11 is 0. The van der Waals surface area contributed by atoms with Gasteiger partial charge in [0.15, 0.2) is 0 Å². The van der Waals surface area contributed by atoms with Gasteiger partial charge in [0, 0.05) is 17.0 Å². The summed E-state index contributed by atoms with van der Waals surface area (Å²) in [6.07, 6.45) is 7.49. The average Bonchev–Trinajstić information content (AvgIpc) is 2.93. The summed E-state index contributed by atoms with van der Waals surface area (Å²) in [6, 6.07) is 6.10. The molecule has 0 saturated carbocycles. The SMILES string of the molecule is O=c1cc(C[NH+]2CCCCC2)c2cc3c(cc2o1)CCC3. The topological polar surface area (TPSA) is 34.7 Å².